The van der Waals surface area contributed by atoms with Crippen molar-refractivity contribution in [3.8, 4) is 0 Å². The summed E-state index contributed by atoms with van der Waals surface area (Å²) in [5, 5.41) is 14.9. The third-order valence-electron chi connectivity index (χ3n) is 4.03. The monoisotopic (exact) mass is 308 g/mol. The van der Waals surface area contributed by atoms with Crippen LogP contribution in [0, 0.1) is 11.8 Å². The van der Waals surface area contributed by atoms with E-state index in [0.717, 1.165) is 0 Å². The number of aromatic carboxylic acids is 1. The van der Waals surface area contributed by atoms with Gasteiger partial charge in [-0.25, -0.2) is 9.59 Å². The van der Waals surface area contributed by atoms with Crippen LogP contribution >= 0.6 is 11.6 Å². The quantitative estimate of drug-likeness (QED) is 0.780. The van der Waals surface area contributed by atoms with Crippen LogP contribution in [0.5, 0.6) is 0 Å². The molecule has 0 radical (unpaired) electrons. The summed E-state index contributed by atoms with van der Waals surface area (Å²) in [6.07, 6.45) is 4.66. The van der Waals surface area contributed by atoms with E-state index in [1.54, 1.807) is 6.07 Å². The average molecular weight is 309 g/mol. The van der Waals surface area contributed by atoms with Gasteiger partial charge in [0.1, 0.15) is 5.56 Å². The summed E-state index contributed by atoms with van der Waals surface area (Å²) in [6.45, 7) is 0. The second-order valence-electron chi connectivity index (χ2n) is 5.77. The highest BCUT2D eigenvalue weighted by Gasteiger charge is 2.42. The molecule has 0 bridgehead atoms. The van der Waals surface area contributed by atoms with Gasteiger partial charge in [-0.3, -0.25) is 0 Å². The standard InChI is InChI=1S/C15H17ClN2O3/c16-10-2-1-3-11(12(10)14(19)20)17-15(21)18-13(8-4-5-8)9-6-7-9/h1-3,8-9,13H,4-7H2,(H,19,20)(H2,17,18,21). The average Bonchev–Trinajstić information content (AvgIpc) is 3.27. The molecule has 21 heavy (non-hydrogen) atoms. The molecule has 2 saturated carbocycles. The topological polar surface area (TPSA) is 78.4 Å². The van der Waals surface area contributed by atoms with E-state index in [1.165, 1.54) is 37.8 Å². The van der Waals surface area contributed by atoms with Gasteiger partial charge in [0, 0.05) is 6.04 Å². The summed E-state index contributed by atoms with van der Waals surface area (Å²) in [6, 6.07) is 4.51. The number of amides is 2. The smallest absolute Gasteiger partial charge is 0.339 e. The Bertz CT molecular complexity index is 570. The maximum atomic E-state index is 12.1. The molecule has 6 heteroatoms. The number of carboxylic acids is 1. The van der Waals surface area contributed by atoms with Crippen LogP contribution in [0.25, 0.3) is 0 Å². The van der Waals surface area contributed by atoms with Crippen molar-refractivity contribution in [2.45, 2.75) is 31.7 Å². The number of halogens is 1. The molecule has 3 rings (SSSR count). The van der Waals surface area contributed by atoms with E-state index in [0.29, 0.717) is 11.8 Å². The van der Waals surface area contributed by atoms with E-state index in [2.05, 4.69) is 10.6 Å². The van der Waals surface area contributed by atoms with Gasteiger partial charge >= 0.3 is 12.0 Å². The van der Waals surface area contributed by atoms with Crippen molar-refractivity contribution >= 4 is 29.3 Å². The maximum absolute atomic E-state index is 12.1. The number of nitrogens with one attached hydrogen (secondary N) is 2. The normalized spacial score (nSPS) is 17.6. The Morgan fingerprint density at radius 2 is 1.81 bits per heavy atom. The summed E-state index contributed by atoms with van der Waals surface area (Å²) in [7, 11) is 0. The molecule has 0 heterocycles. The van der Waals surface area contributed by atoms with Gasteiger partial charge in [-0.1, -0.05) is 17.7 Å². The number of hydrogen-bond acceptors (Lipinski definition) is 2. The fourth-order valence-electron chi connectivity index (χ4n) is 2.69. The van der Waals surface area contributed by atoms with Gasteiger partial charge < -0.3 is 15.7 Å². The number of carbonyl (C=O) groups excluding carboxylic acids is 1. The van der Waals surface area contributed by atoms with Gasteiger partial charge in [-0.15, -0.1) is 0 Å². The Balaban J connectivity index is 1.69. The molecule has 0 saturated heterocycles. The Morgan fingerprint density at radius 1 is 1.19 bits per heavy atom. The molecular formula is C15H17ClN2O3. The molecule has 3 N–H and O–H groups in total. The van der Waals surface area contributed by atoms with E-state index in [9.17, 15) is 14.7 Å². The summed E-state index contributed by atoms with van der Waals surface area (Å²) >= 11 is 5.88. The van der Waals surface area contributed by atoms with Gasteiger partial charge in [0.25, 0.3) is 0 Å². The lowest BCUT2D eigenvalue weighted by molar-refractivity contribution is 0.0698. The van der Waals surface area contributed by atoms with Crippen molar-refractivity contribution < 1.29 is 14.7 Å². The molecule has 0 spiro atoms. The highest BCUT2D eigenvalue weighted by atomic mass is 35.5. The summed E-state index contributed by atoms with van der Waals surface area (Å²) in [5.74, 6) is 0.0138. The van der Waals surface area contributed by atoms with Crippen molar-refractivity contribution in [3.63, 3.8) is 0 Å². The van der Waals surface area contributed by atoms with Crippen molar-refractivity contribution in [3.05, 3.63) is 28.8 Å². The van der Waals surface area contributed by atoms with Crippen LogP contribution in [0.1, 0.15) is 36.0 Å². The number of rotatable bonds is 5. The lowest BCUT2D eigenvalue weighted by atomic mass is 10.1. The highest BCUT2D eigenvalue weighted by Crippen LogP contribution is 2.44. The molecule has 0 aromatic heterocycles. The van der Waals surface area contributed by atoms with Gasteiger partial charge in [-0.2, -0.15) is 0 Å². The molecule has 0 aliphatic heterocycles. The van der Waals surface area contributed by atoms with Gasteiger partial charge in [0.2, 0.25) is 0 Å². The zero-order valence-electron chi connectivity index (χ0n) is 11.4. The fourth-order valence-corrected chi connectivity index (χ4v) is 2.94. The van der Waals surface area contributed by atoms with Crippen LogP contribution in [0.15, 0.2) is 18.2 Å². The number of hydrogen-bond donors (Lipinski definition) is 3. The predicted octanol–water partition coefficient (Wildman–Crippen LogP) is 3.35. The number of urea groups is 1. The zero-order valence-corrected chi connectivity index (χ0v) is 12.2. The van der Waals surface area contributed by atoms with Crippen molar-refractivity contribution in [1.29, 1.82) is 0 Å². The van der Waals surface area contributed by atoms with Crippen molar-refractivity contribution in [1.82, 2.24) is 5.32 Å². The maximum Gasteiger partial charge on any atom is 0.339 e. The molecule has 1 aromatic carbocycles. The van der Waals surface area contributed by atoms with Crippen molar-refractivity contribution in [2.24, 2.45) is 11.8 Å². The van der Waals surface area contributed by atoms with Crippen LogP contribution in [0.2, 0.25) is 5.02 Å². The first-order valence-electron chi connectivity index (χ1n) is 7.15. The predicted molar refractivity (Wildman–Crippen MR) is 79.8 cm³/mol. The Labute approximate surface area is 127 Å². The first kappa shape index (κ1) is 14.2. The second-order valence-corrected chi connectivity index (χ2v) is 6.17. The van der Waals surface area contributed by atoms with E-state index in [-0.39, 0.29) is 28.3 Å². The molecule has 112 valence electrons. The molecule has 2 aliphatic carbocycles. The molecule has 1 aromatic rings. The number of anilines is 1. The third-order valence-corrected chi connectivity index (χ3v) is 4.35. The molecule has 2 aliphatic rings. The van der Waals surface area contributed by atoms with Crippen LogP contribution in [-0.2, 0) is 0 Å². The molecule has 2 amide bonds. The molecule has 2 fully saturated rings. The van der Waals surface area contributed by atoms with Crippen LogP contribution in [-0.4, -0.2) is 23.1 Å². The van der Waals surface area contributed by atoms with Crippen LogP contribution < -0.4 is 10.6 Å². The van der Waals surface area contributed by atoms with Gasteiger partial charge in [-0.05, 0) is 49.7 Å². The SMILES string of the molecule is O=C(Nc1cccc(Cl)c1C(=O)O)NC(C1CC1)C1CC1. The number of benzene rings is 1. The largest absolute Gasteiger partial charge is 0.478 e. The summed E-state index contributed by atoms with van der Waals surface area (Å²) < 4.78 is 0. The van der Waals surface area contributed by atoms with Crippen molar-refractivity contribution in [2.75, 3.05) is 5.32 Å². The lowest BCUT2D eigenvalue weighted by Crippen LogP contribution is -2.41. The number of carboxylic acid groups (broad SMARTS) is 1. The van der Waals surface area contributed by atoms with E-state index in [4.69, 9.17) is 11.6 Å². The molecular weight excluding hydrogens is 292 g/mol. The minimum Gasteiger partial charge on any atom is -0.478 e. The zero-order chi connectivity index (χ0) is 15.0. The molecule has 5 nitrogen and oxygen atoms in total. The summed E-state index contributed by atoms with van der Waals surface area (Å²) in [4.78, 5) is 23.3. The molecule has 0 unspecified atom stereocenters. The number of carbonyl (C=O) groups is 2. The Hall–Kier alpha value is -1.75. The summed E-state index contributed by atoms with van der Waals surface area (Å²) in [5.41, 5.74) is 0.140. The minimum absolute atomic E-state index is 0.0799. The van der Waals surface area contributed by atoms with Gasteiger partial charge in [0.15, 0.2) is 0 Å². The fraction of sp³-hybridized carbons (Fsp3) is 0.467. The van der Waals surface area contributed by atoms with Crippen LogP contribution in [0.4, 0.5) is 10.5 Å². The third kappa shape index (κ3) is 3.29. The van der Waals surface area contributed by atoms with E-state index < -0.39 is 5.97 Å². The highest BCUT2D eigenvalue weighted by molar-refractivity contribution is 6.34. The van der Waals surface area contributed by atoms with E-state index >= 15 is 0 Å². The minimum atomic E-state index is -1.16. The molecule has 0 atom stereocenters. The van der Waals surface area contributed by atoms with E-state index in [1.807, 2.05) is 0 Å². The van der Waals surface area contributed by atoms with Gasteiger partial charge in [0.05, 0.1) is 10.7 Å². The second kappa shape index (κ2) is 5.56. The Kier molecular flexibility index (Phi) is 3.76. The lowest BCUT2D eigenvalue weighted by Gasteiger charge is -2.18. The first-order valence-corrected chi connectivity index (χ1v) is 7.53. The Morgan fingerprint density at radius 3 is 2.33 bits per heavy atom. The first-order chi connectivity index (χ1) is 10.1. The van der Waals surface area contributed by atoms with Crippen LogP contribution in [0.3, 0.4) is 0 Å².